The highest BCUT2D eigenvalue weighted by Crippen LogP contribution is 2.21. The molecular weight excluding hydrogens is 252 g/mol. The van der Waals surface area contributed by atoms with E-state index in [-0.39, 0.29) is 0 Å². The van der Waals surface area contributed by atoms with Crippen LogP contribution in [0.2, 0.25) is 0 Å². The zero-order chi connectivity index (χ0) is 14.1. The zero-order valence-electron chi connectivity index (χ0n) is 11.9. The van der Waals surface area contributed by atoms with E-state index in [4.69, 9.17) is 0 Å². The third-order valence-corrected chi connectivity index (χ3v) is 3.28. The van der Waals surface area contributed by atoms with E-state index in [0.29, 0.717) is 11.9 Å². The van der Waals surface area contributed by atoms with E-state index in [9.17, 15) is 0 Å². The molecule has 6 heteroatoms. The Balaban J connectivity index is 1.87. The van der Waals surface area contributed by atoms with Crippen molar-refractivity contribution in [3.8, 4) is 0 Å². The van der Waals surface area contributed by atoms with Crippen LogP contribution in [-0.2, 0) is 0 Å². The molecule has 1 saturated heterocycles. The molecule has 0 radical (unpaired) electrons. The minimum atomic E-state index is 0.484. The third kappa shape index (κ3) is 2.75. The van der Waals surface area contributed by atoms with Crippen molar-refractivity contribution in [3.63, 3.8) is 0 Å². The summed E-state index contributed by atoms with van der Waals surface area (Å²) in [5, 5.41) is 6.43. The summed E-state index contributed by atoms with van der Waals surface area (Å²) in [5.41, 5.74) is 2.95. The summed E-state index contributed by atoms with van der Waals surface area (Å²) in [6, 6.07) is 3.93. The van der Waals surface area contributed by atoms with Crippen molar-refractivity contribution in [2.24, 2.45) is 0 Å². The van der Waals surface area contributed by atoms with Crippen LogP contribution in [0, 0.1) is 20.8 Å². The molecule has 0 amide bonds. The Hall–Kier alpha value is -2.08. The first kappa shape index (κ1) is 12.9. The highest BCUT2D eigenvalue weighted by molar-refractivity contribution is 5.49. The molecule has 6 nitrogen and oxygen atoms in total. The van der Waals surface area contributed by atoms with E-state index >= 15 is 0 Å². The lowest BCUT2D eigenvalue weighted by Crippen LogP contribution is -2.40. The molecule has 1 fully saturated rings. The molecule has 1 aliphatic heterocycles. The van der Waals surface area contributed by atoms with Gasteiger partial charge < -0.3 is 10.6 Å². The SMILES string of the molecule is Cc1cc(C)nc(Nc2cc(C3CNC3)nc(C)n2)n1. The number of nitrogens with zero attached hydrogens (tertiary/aromatic N) is 4. The van der Waals surface area contributed by atoms with Crippen molar-refractivity contribution in [2.75, 3.05) is 18.4 Å². The number of aryl methyl sites for hydroxylation is 3. The molecule has 0 atom stereocenters. The summed E-state index contributed by atoms with van der Waals surface area (Å²) in [6.45, 7) is 7.78. The van der Waals surface area contributed by atoms with Crippen LogP contribution in [0.4, 0.5) is 11.8 Å². The largest absolute Gasteiger partial charge is 0.315 e. The van der Waals surface area contributed by atoms with Gasteiger partial charge in [-0.15, -0.1) is 0 Å². The van der Waals surface area contributed by atoms with Gasteiger partial charge in [0.05, 0.1) is 5.69 Å². The van der Waals surface area contributed by atoms with Gasteiger partial charge in [0.15, 0.2) is 0 Å². The van der Waals surface area contributed by atoms with Gasteiger partial charge in [0, 0.05) is 36.5 Å². The Labute approximate surface area is 118 Å². The van der Waals surface area contributed by atoms with Crippen LogP contribution < -0.4 is 10.6 Å². The molecule has 104 valence electrons. The molecule has 2 aromatic rings. The quantitative estimate of drug-likeness (QED) is 0.882. The molecule has 0 bridgehead atoms. The molecule has 0 unspecified atom stereocenters. The lowest BCUT2D eigenvalue weighted by molar-refractivity contribution is 0.438. The Morgan fingerprint density at radius 2 is 1.70 bits per heavy atom. The van der Waals surface area contributed by atoms with Crippen LogP contribution in [0.25, 0.3) is 0 Å². The molecule has 1 aliphatic rings. The van der Waals surface area contributed by atoms with Crippen LogP contribution in [-0.4, -0.2) is 33.0 Å². The molecule has 0 saturated carbocycles. The maximum absolute atomic E-state index is 4.50. The molecular formula is C14H18N6. The van der Waals surface area contributed by atoms with Gasteiger partial charge in [-0.3, -0.25) is 0 Å². The van der Waals surface area contributed by atoms with Crippen molar-refractivity contribution >= 4 is 11.8 Å². The fourth-order valence-electron chi connectivity index (χ4n) is 2.26. The Bertz CT molecular complexity index is 615. The molecule has 0 aromatic carbocycles. The summed E-state index contributed by atoms with van der Waals surface area (Å²) < 4.78 is 0. The lowest BCUT2D eigenvalue weighted by atomic mass is 9.99. The number of nitrogens with one attached hydrogen (secondary N) is 2. The standard InChI is InChI=1S/C14H18N6/c1-8-4-9(2)17-14(16-8)20-13-5-12(11-6-15-7-11)18-10(3)19-13/h4-5,11,15H,6-7H2,1-3H3,(H,16,17,18,19,20). The van der Waals surface area contributed by atoms with Gasteiger partial charge in [0.2, 0.25) is 5.95 Å². The third-order valence-electron chi connectivity index (χ3n) is 3.28. The second kappa shape index (κ2) is 5.13. The normalized spacial score (nSPS) is 14.9. The van der Waals surface area contributed by atoms with Crippen LogP contribution in [0.15, 0.2) is 12.1 Å². The smallest absolute Gasteiger partial charge is 0.228 e. The average Bonchev–Trinajstić information content (AvgIpc) is 2.23. The van der Waals surface area contributed by atoms with E-state index < -0.39 is 0 Å². The van der Waals surface area contributed by atoms with Crippen molar-refractivity contribution in [1.82, 2.24) is 25.3 Å². The first-order chi connectivity index (χ1) is 9.60. The topological polar surface area (TPSA) is 75.6 Å². The second-order valence-electron chi connectivity index (χ2n) is 5.18. The summed E-state index contributed by atoms with van der Waals surface area (Å²) >= 11 is 0. The Kier molecular flexibility index (Phi) is 3.31. The molecule has 20 heavy (non-hydrogen) atoms. The van der Waals surface area contributed by atoms with Crippen molar-refractivity contribution in [3.05, 3.63) is 35.0 Å². The molecule has 3 heterocycles. The van der Waals surface area contributed by atoms with Gasteiger partial charge in [-0.1, -0.05) is 0 Å². The van der Waals surface area contributed by atoms with E-state index in [1.165, 1.54) is 0 Å². The maximum Gasteiger partial charge on any atom is 0.228 e. The van der Waals surface area contributed by atoms with E-state index in [1.807, 2.05) is 32.9 Å². The average molecular weight is 270 g/mol. The molecule has 2 N–H and O–H groups in total. The van der Waals surface area contributed by atoms with Gasteiger partial charge in [0.25, 0.3) is 0 Å². The predicted octanol–water partition coefficient (Wildman–Crippen LogP) is 1.62. The number of hydrogen-bond acceptors (Lipinski definition) is 6. The molecule has 0 spiro atoms. The van der Waals surface area contributed by atoms with Gasteiger partial charge in [-0.05, 0) is 26.8 Å². The van der Waals surface area contributed by atoms with Crippen LogP contribution in [0.1, 0.15) is 28.8 Å². The van der Waals surface area contributed by atoms with Gasteiger partial charge >= 0.3 is 0 Å². The minimum absolute atomic E-state index is 0.484. The van der Waals surface area contributed by atoms with E-state index in [0.717, 1.165) is 41.8 Å². The second-order valence-corrected chi connectivity index (χ2v) is 5.18. The highest BCUT2D eigenvalue weighted by Gasteiger charge is 2.21. The van der Waals surface area contributed by atoms with Crippen LogP contribution in [0.3, 0.4) is 0 Å². The summed E-state index contributed by atoms with van der Waals surface area (Å²) in [5.74, 6) is 2.58. The Morgan fingerprint density at radius 1 is 1.00 bits per heavy atom. The molecule has 3 rings (SSSR count). The van der Waals surface area contributed by atoms with Crippen LogP contribution in [0.5, 0.6) is 0 Å². The number of hydrogen-bond donors (Lipinski definition) is 2. The first-order valence-corrected chi connectivity index (χ1v) is 6.76. The monoisotopic (exact) mass is 270 g/mol. The van der Waals surface area contributed by atoms with E-state index in [2.05, 4.69) is 30.6 Å². The predicted molar refractivity (Wildman–Crippen MR) is 77.2 cm³/mol. The van der Waals surface area contributed by atoms with Gasteiger partial charge in [-0.25, -0.2) is 19.9 Å². The fourth-order valence-corrected chi connectivity index (χ4v) is 2.26. The van der Waals surface area contributed by atoms with Gasteiger partial charge in [0.1, 0.15) is 11.6 Å². The van der Waals surface area contributed by atoms with Crippen molar-refractivity contribution in [1.29, 1.82) is 0 Å². The van der Waals surface area contributed by atoms with Crippen molar-refractivity contribution < 1.29 is 0 Å². The molecule has 0 aliphatic carbocycles. The number of aromatic nitrogens is 4. The first-order valence-electron chi connectivity index (χ1n) is 6.76. The fraction of sp³-hybridized carbons (Fsp3) is 0.429. The molecule has 2 aromatic heterocycles. The van der Waals surface area contributed by atoms with Gasteiger partial charge in [-0.2, -0.15) is 0 Å². The van der Waals surface area contributed by atoms with Crippen molar-refractivity contribution in [2.45, 2.75) is 26.7 Å². The van der Waals surface area contributed by atoms with E-state index in [1.54, 1.807) is 0 Å². The lowest BCUT2D eigenvalue weighted by Gasteiger charge is -2.26. The summed E-state index contributed by atoms with van der Waals surface area (Å²) in [6.07, 6.45) is 0. The maximum atomic E-state index is 4.50. The zero-order valence-corrected chi connectivity index (χ0v) is 11.9. The summed E-state index contributed by atoms with van der Waals surface area (Å²) in [4.78, 5) is 17.7. The van der Waals surface area contributed by atoms with Crippen LogP contribution >= 0.6 is 0 Å². The summed E-state index contributed by atoms with van der Waals surface area (Å²) in [7, 11) is 0. The number of rotatable bonds is 3. The minimum Gasteiger partial charge on any atom is -0.315 e. The Morgan fingerprint density at radius 3 is 2.30 bits per heavy atom. The highest BCUT2D eigenvalue weighted by atomic mass is 15.2. The number of anilines is 2.